The SMILES string of the molecule is CC(C)CCC[C@@H](C)[13C@H]1CC[C@H]2[C@@H]3CC=C4C[C@@H](O)CC[C@]4(C)[C@H]3CC[C@@]21C. The molecule has 160 valence electrons. The van der Waals surface area contributed by atoms with Gasteiger partial charge in [-0.15, -0.1) is 0 Å². The van der Waals surface area contributed by atoms with Crippen molar-refractivity contribution in [1.29, 1.82) is 0 Å². The van der Waals surface area contributed by atoms with Crippen molar-refractivity contribution >= 4 is 0 Å². The van der Waals surface area contributed by atoms with Crippen molar-refractivity contribution < 1.29 is 5.11 Å². The zero-order valence-electron chi connectivity index (χ0n) is 19.3. The van der Waals surface area contributed by atoms with Gasteiger partial charge < -0.3 is 5.11 Å². The fourth-order valence-electron chi connectivity index (χ4n) is 8.67. The summed E-state index contributed by atoms with van der Waals surface area (Å²) in [6.45, 7) is 12.6. The van der Waals surface area contributed by atoms with Crippen LogP contribution in [-0.2, 0) is 0 Å². The second-order valence-electron chi connectivity index (χ2n) is 12.2. The molecule has 4 aliphatic rings. The molecule has 0 spiro atoms. The molecule has 28 heavy (non-hydrogen) atoms. The highest BCUT2D eigenvalue weighted by Gasteiger charge is 2.59. The summed E-state index contributed by atoms with van der Waals surface area (Å²) < 4.78 is 0. The number of aliphatic hydroxyl groups is 1. The second kappa shape index (κ2) is 7.75. The van der Waals surface area contributed by atoms with Gasteiger partial charge in [0.05, 0.1) is 6.10 Å². The summed E-state index contributed by atoms with van der Waals surface area (Å²) in [6, 6.07) is 0. The molecular formula is C27H46O. The van der Waals surface area contributed by atoms with E-state index in [0.717, 1.165) is 48.3 Å². The number of allylic oxidation sites excluding steroid dienone is 1. The highest BCUT2D eigenvalue weighted by Crippen LogP contribution is 2.67. The molecule has 3 fully saturated rings. The first kappa shape index (κ1) is 21.0. The minimum Gasteiger partial charge on any atom is -0.393 e. The maximum atomic E-state index is 10.2. The topological polar surface area (TPSA) is 20.2 Å². The lowest BCUT2D eigenvalue weighted by Gasteiger charge is -2.58. The third-order valence-corrected chi connectivity index (χ3v) is 10.3. The molecule has 0 heterocycles. The monoisotopic (exact) mass is 387 g/mol. The molecule has 0 aliphatic heterocycles. The molecular weight excluding hydrogens is 341 g/mol. The predicted molar refractivity (Wildman–Crippen MR) is 119 cm³/mol. The van der Waals surface area contributed by atoms with Crippen LogP contribution in [0.25, 0.3) is 0 Å². The molecule has 1 heteroatoms. The lowest BCUT2D eigenvalue weighted by molar-refractivity contribution is -0.0573. The number of aliphatic hydroxyl groups excluding tert-OH is 1. The first-order valence-corrected chi connectivity index (χ1v) is 12.6. The summed E-state index contributed by atoms with van der Waals surface area (Å²) in [6.07, 6.45) is 17.2. The van der Waals surface area contributed by atoms with Crippen molar-refractivity contribution in [2.45, 2.75) is 111 Å². The highest BCUT2D eigenvalue weighted by atomic mass is 16.3. The Morgan fingerprint density at radius 3 is 2.54 bits per heavy atom. The summed E-state index contributed by atoms with van der Waals surface area (Å²) in [7, 11) is 0. The smallest absolute Gasteiger partial charge is 0.0577 e. The van der Waals surface area contributed by atoms with Gasteiger partial charge in [-0.25, -0.2) is 0 Å². The van der Waals surface area contributed by atoms with Crippen molar-refractivity contribution in [3.05, 3.63) is 11.6 Å². The van der Waals surface area contributed by atoms with Gasteiger partial charge in [0, 0.05) is 0 Å². The molecule has 0 saturated heterocycles. The molecule has 1 nitrogen and oxygen atoms in total. The lowest BCUT2D eigenvalue weighted by atomic mass is 9.48. The van der Waals surface area contributed by atoms with E-state index < -0.39 is 0 Å². The van der Waals surface area contributed by atoms with E-state index in [-0.39, 0.29) is 6.10 Å². The lowest BCUT2D eigenvalue weighted by Crippen LogP contribution is -2.50. The van der Waals surface area contributed by atoms with Crippen LogP contribution in [0.15, 0.2) is 11.6 Å². The Balaban J connectivity index is 1.49. The van der Waals surface area contributed by atoms with Gasteiger partial charge in [0.1, 0.15) is 0 Å². The van der Waals surface area contributed by atoms with E-state index in [4.69, 9.17) is 0 Å². The standard InChI is InChI=1S/C27H46O/c1-18(2)7-6-8-19(3)23-11-12-24-22-10-9-20-17-21(28)13-15-26(20,4)25(22)14-16-27(23,24)5/h9,18-19,21-25,28H,6-8,10-17H2,1-5H3/t19-,21+,22+,23-,24+,25+,26+,27-/m1/s1/i23+1. The predicted octanol–water partition coefficient (Wildman–Crippen LogP) is 7.39. The minimum absolute atomic E-state index is 0.0766. The molecule has 3 saturated carbocycles. The largest absolute Gasteiger partial charge is 0.393 e. The fourth-order valence-corrected chi connectivity index (χ4v) is 8.67. The molecule has 4 aliphatic carbocycles. The maximum Gasteiger partial charge on any atom is 0.0577 e. The van der Waals surface area contributed by atoms with Crippen LogP contribution in [0.4, 0.5) is 0 Å². The number of hydrogen-bond donors (Lipinski definition) is 1. The van der Waals surface area contributed by atoms with Crippen LogP contribution in [0.5, 0.6) is 0 Å². The zero-order valence-corrected chi connectivity index (χ0v) is 19.3. The van der Waals surface area contributed by atoms with Crippen molar-refractivity contribution in [3.63, 3.8) is 0 Å². The molecule has 0 bridgehead atoms. The zero-order chi connectivity index (χ0) is 20.1. The maximum absolute atomic E-state index is 10.2. The van der Waals surface area contributed by atoms with E-state index in [1.807, 2.05) is 0 Å². The van der Waals surface area contributed by atoms with Crippen molar-refractivity contribution in [3.8, 4) is 0 Å². The fraction of sp³-hybridized carbons (Fsp3) is 0.926. The molecule has 0 radical (unpaired) electrons. The van der Waals surface area contributed by atoms with Crippen LogP contribution in [0.3, 0.4) is 0 Å². The van der Waals surface area contributed by atoms with Crippen LogP contribution >= 0.6 is 0 Å². The van der Waals surface area contributed by atoms with Crippen LogP contribution in [0.1, 0.15) is 105 Å². The molecule has 0 aromatic heterocycles. The highest BCUT2D eigenvalue weighted by molar-refractivity contribution is 5.25. The van der Waals surface area contributed by atoms with Crippen LogP contribution < -0.4 is 0 Å². The van der Waals surface area contributed by atoms with E-state index >= 15 is 0 Å². The van der Waals surface area contributed by atoms with Gasteiger partial charge in [0.25, 0.3) is 0 Å². The molecule has 1 N–H and O–H groups in total. The quantitative estimate of drug-likeness (QED) is 0.385. The summed E-state index contributed by atoms with van der Waals surface area (Å²) in [4.78, 5) is 0. The van der Waals surface area contributed by atoms with E-state index in [2.05, 4.69) is 40.7 Å². The Bertz CT molecular complexity index is 591. The average Bonchev–Trinajstić information content (AvgIpc) is 2.99. The van der Waals surface area contributed by atoms with E-state index in [9.17, 15) is 5.11 Å². The van der Waals surface area contributed by atoms with Gasteiger partial charge in [0.15, 0.2) is 0 Å². The van der Waals surface area contributed by atoms with Gasteiger partial charge in [-0.2, -0.15) is 0 Å². The Morgan fingerprint density at radius 1 is 1.00 bits per heavy atom. The molecule has 8 atom stereocenters. The summed E-state index contributed by atoms with van der Waals surface area (Å²) in [5.74, 6) is 5.46. The molecule has 4 rings (SSSR count). The van der Waals surface area contributed by atoms with E-state index in [1.165, 1.54) is 57.8 Å². The molecule has 0 amide bonds. The Hall–Kier alpha value is -0.300. The summed E-state index contributed by atoms with van der Waals surface area (Å²) >= 11 is 0. The minimum atomic E-state index is -0.0766. The van der Waals surface area contributed by atoms with Crippen LogP contribution in [0, 0.1) is 46.3 Å². The number of fused-ring (bicyclic) bond motifs is 5. The van der Waals surface area contributed by atoms with Gasteiger partial charge in [0.2, 0.25) is 0 Å². The van der Waals surface area contributed by atoms with Gasteiger partial charge in [-0.05, 0) is 97.7 Å². The van der Waals surface area contributed by atoms with Gasteiger partial charge in [-0.3, -0.25) is 0 Å². The third kappa shape index (κ3) is 3.42. The van der Waals surface area contributed by atoms with Crippen molar-refractivity contribution in [2.24, 2.45) is 46.3 Å². The van der Waals surface area contributed by atoms with Crippen LogP contribution in [0.2, 0.25) is 0 Å². The van der Waals surface area contributed by atoms with Gasteiger partial charge in [-0.1, -0.05) is 65.5 Å². The molecule has 0 unspecified atom stereocenters. The summed E-state index contributed by atoms with van der Waals surface area (Å²) in [5.41, 5.74) is 2.60. The Labute approximate surface area is 174 Å². The summed E-state index contributed by atoms with van der Waals surface area (Å²) in [5, 5.41) is 10.2. The number of hydrogen-bond acceptors (Lipinski definition) is 1. The molecule has 0 aromatic carbocycles. The first-order valence-electron chi connectivity index (χ1n) is 12.6. The first-order chi connectivity index (χ1) is 13.3. The third-order valence-electron chi connectivity index (χ3n) is 10.3. The van der Waals surface area contributed by atoms with Crippen molar-refractivity contribution in [2.75, 3.05) is 0 Å². The number of rotatable bonds is 5. The normalized spacial score (nSPS) is 46.5. The van der Waals surface area contributed by atoms with Crippen molar-refractivity contribution in [1.82, 2.24) is 0 Å². The Morgan fingerprint density at radius 2 is 1.79 bits per heavy atom. The van der Waals surface area contributed by atoms with E-state index in [0.29, 0.717) is 10.8 Å². The van der Waals surface area contributed by atoms with Gasteiger partial charge >= 0.3 is 0 Å². The van der Waals surface area contributed by atoms with Crippen LogP contribution in [-0.4, -0.2) is 11.2 Å². The Kier molecular flexibility index (Phi) is 5.80. The second-order valence-corrected chi connectivity index (χ2v) is 12.2. The molecule has 0 aromatic rings. The van der Waals surface area contributed by atoms with E-state index in [1.54, 1.807) is 5.57 Å². The average molecular weight is 388 g/mol.